The zero-order valence-corrected chi connectivity index (χ0v) is 7.71. The van der Waals surface area contributed by atoms with Crippen molar-refractivity contribution < 1.29 is 9.52 Å². The van der Waals surface area contributed by atoms with Crippen molar-refractivity contribution in [1.82, 2.24) is 4.98 Å². The van der Waals surface area contributed by atoms with E-state index >= 15 is 0 Å². The fraction of sp³-hybridized carbons (Fsp3) is 0.125. The maximum Gasteiger partial charge on any atom is 0.206 e. The zero-order chi connectivity index (χ0) is 8.55. The molecule has 3 nitrogen and oxygen atoms in total. The number of aromatic hydroxyl groups is 1. The van der Waals surface area contributed by atoms with E-state index in [1.54, 1.807) is 18.2 Å². The molecule has 1 aromatic heterocycles. The Morgan fingerprint density at radius 3 is 3.08 bits per heavy atom. The lowest BCUT2D eigenvalue weighted by Crippen LogP contribution is -1.72. The van der Waals surface area contributed by atoms with Crippen LogP contribution in [-0.4, -0.2) is 10.1 Å². The van der Waals surface area contributed by atoms with Crippen LogP contribution >= 0.6 is 15.9 Å². The Hall–Kier alpha value is -1.03. The van der Waals surface area contributed by atoms with Crippen LogP contribution in [0.4, 0.5) is 0 Å². The summed E-state index contributed by atoms with van der Waals surface area (Å²) in [5.74, 6) is 0.826. The quantitative estimate of drug-likeness (QED) is 0.762. The number of benzene rings is 1. The molecule has 0 bridgehead atoms. The third-order valence-electron chi connectivity index (χ3n) is 1.53. The van der Waals surface area contributed by atoms with Gasteiger partial charge in [-0.15, -0.1) is 0 Å². The van der Waals surface area contributed by atoms with E-state index in [2.05, 4.69) is 20.9 Å². The van der Waals surface area contributed by atoms with Gasteiger partial charge in [0.2, 0.25) is 5.89 Å². The number of fused-ring (bicyclic) bond motifs is 1. The lowest BCUT2D eigenvalue weighted by atomic mass is 10.3. The molecule has 1 N–H and O–H groups in total. The molecule has 0 saturated carbocycles. The minimum atomic E-state index is 0.205. The molecule has 0 atom stereocenters. The van der Waals surface area contributed by atoms with Gasteiger partial charge in [0.25, 0.3) is 0 Å². The van der Waals surface area contributed by atoms with Crippen LogP contribution in [0.3, 0.4) is 0 Å². The first-order valence-corrected chi connectivity index (χ1v) is 4.56. The number of phenols is 1. The monoisotopic (exact) mass is 227 g/mol. The zero-order valence-electron chi connectivity index (χ0n) is 6.12. The second kappa shape index (κ2) is 2.79. The first kappa shape index (κ1) is 7.61. The summed E-state index contributed by atoms with van der Waals surface area (Å²) in [4.78, 5) is 4.12. The Bertz CT molecular complexity index is 410. The normalized spacial score (nSPS) is 10.8. The standard InChI is InChI=1S/C8H6BrNO2/c9-4-8-10-6-3-5(11)1-2-7(6)12-8/h1-3,11H,4H2. The molecule has 0 amide bonds. The van der Waals surface area contributed by atoms with E-state index in [-0.39, 0.29) is 5.75 Å². The summed E-state index contributed by atoms with van der Waals surface area (Å²) in [6.45, 7) is 0. The molecule has 12 heavy (non-hydrogen) atoms. The van der Waals surface area contributed by atoms with E-state index in [9.17, 15) is 0 Å². The Morgan fingerprint density at radius 1 is 1.50 bits per heavy atom. The van der Waals surface area contributed by atoms with Crippen molar-refractivity contribution in [1.29, 1.82) is 0 Å². The summed E-state index contributed by atoms with van der Waals surface area (Å²) in [5, 5.41) is 9.70. The Balaban J connectivity index is 2.67. The number of rotatable bonds is 1. The topological polar surface area (TPSA) is 46.3 Å². The summed E-state index contributed by atoms with van der Waals surface area (Å²) in [6, 6.07) is 4.85. The highest BCUT2D eigenvalue weighted by atomic mass is 79.9. The van der Waals surface area contributed by atoms with E-state index < -0.39 is 0 Å². The average molecular weight is 228 g/mol. The Morgan fingerprint density at radius 2 is 2.33 bits per heavy atom. The van der Waals surface area contributed by atoms with Crippen molar-refractivity contribution in [2.75, 3.05) is 0 Å². The maximum absolute atomic E-state index is 9.12. The summed E-state index contributed by atoms with van der Waals surface area (Å²) in [6.07, 6.45) is 0. The van der Waals surface area contributed by atoms with Gasteiger partial charge >= 0.3 is 0 Å². The molecule has 0 aliphatic carbocycles. The molecule has 0 aliphatic heterocycles. The average Bonchev–Trinajstić information content (AvgIpc) is 2.46. The van der Waals surface area contributed by atoms with Gasteiger partial charge in [-0.1, -0.05) is 15.9 Å². The Labute approximate surface area is 77.2 Å². The third-order valence-corrected chi connectivity index (χ3v) is 2.01. The maximum atomic E-state index is 9.12. The molecule has 0 unspecified atom stereocenters. The summed E-state index contributed by atoms with van der Waals surface area (Å²) in [7, 11) is 0. The van der Waals surface area contributed by atoms with Gasteiger partial charge in [0.1, 0.15) is 11.3 Å². The predicted octanol–water partition coefficient (Wildman–Crippen LogP) is 2.43. The molecule has 0 radical (unpaired) electrons. The van der Waals surface area contributed by atoms with Crippen LogP contribution in [0.1, 0.15) is 5.89 Å². The first-order chi connectivity index (χ1) is 5.79. The molecule has 1 heterocycles. The predicted molar refractivity (Wildman–Crippen MR) is 48.3 cm³/mol. The number of oxazole rings is 1. The fourth-order valence-corrected chi connectivity index (χ4v) is 1.26. The summed E-state index contributed by atoms with van der Waals surface area (Å²) >= 11 is 3.24. The van der Waals surface area contributed by atoms with Gasteiger partial charge in [0.15, 0.2) is 5.58 Å². The lowest BCUT2D eigenvalue weighted by molar-refractivity contribution is 0.475. The highest BCUT2D eigenvalue weighted by Gasteiger charge is 2.03. The van der Waals surface area contributed by atoms with Crippen LogP contribution in [0.15, 0.2) is 22.6 Å². The number of phenolic OH excluding ortho intramolecular Hbond substituents is 1. The minimum Gasteiger partial charge on any atom is -0.508 e. The highest BCUT2D eigenvalue weighted by molar-refractivity contribution is 9.08. The van der Waals surface area contributed by atoms with Crippen LogP contribution in [0.5, 0.6) is 5.75 Å². The molecule has 0 fully saturated rings. The van der Waals surface area contributed by atoms with Crippen molar-refractivity contribution in [3.05, 3.63) is 24.1 Å². The Kier molecular flexibility index (Phi) is 1.77. The van der Waals surface area contributed by atoms with Crippen molar-refractivity contribution >= 4 is 27.0 Å². The van der Waals surface area contributed by atoms with Crippen LogP contribution in [0.25, 0.3) is 11.1 Å². The lowest BCUT2D eigenvalue weighted by Gasteiger charge is -1.87. The molecule has 1 aromatic carbocycles. The van der Waals surface area contributed by atoms with E-state index in [1.165, 1.54) is 0 Å². The minimum absolute atomic E-state index is 0.205. The molecule has 2 rings (SSSR count). The highest BCUT2D eigenvalue weighted by Crippen LogP contribution is 2.21. The summed E-state index contributed by atoms with van der Waals surface area (Å²) in [5.41, 5.74) is 1.38. The number of nitrogens with zero attached hydrogens (tertiary/aromatic N) is 1. The fourth-order valence-electron chi connectivity index (χ4n) is 1.02. The third kappa shape index (κ3) is 1.18. The second-order valence-corrected chi connectivity index (χ2v) is 2.95. The largest absolute Gasteiger partial charge is 0.508 e. The molecular formula is C8H6BrNO2. The van der Waals surface area contributed by atoms with Crippen LogP contribution in [0, 0.1) is 0 Å². The summed E-state index contributed by atoms with van der Waals surface area (Å²) < 4.78 is 5.30. The van der Waals surface area contributed by atoms with Crippen LogP contribution in [-0.2, 0) is 5.33 Å². The number of aromatic nitrogens is 1. The molecule has 0 aliphatic rings. The van der Waals surface area contributed by atoms with Gasteiger partial charge < -0.3 is 9.52 Å². The SMILES string of the molecule is Oc1ccc2oc(CBr)nc2c1. The number of hydrogen-bond acceptors (Lipinski definition) is 3. The van der Waals surface area contributed by atoms with Crippen molar-refractivity contribution in [3.8, 4) is 5.75 Å². The number of halogens is 1. The van der Waals surface area contributed by atoms with Crippen molar-refractivity contribution in [3.63, 3.8) is 0 Å². The van der Waals surface area contributed by atoms with E-state index in [4.69, 9.17) is 9.52 Å². The van der Waals surface area contributed by atoms with Crippen molar-refractivity contribution in [2.24, 2.45) is 0 Å². The van der Waals surface area contributed by atoms with E-state index in [0.717, 1.165) is 0 Å². The molecule has 0 saturated heterocycles. The van der Waals surface area contributed by atoms with Gasteiger partial charge in [-0.2, -0.15) is 0 Å². The van der Waals surface area contributed by atoms with Crippen LogP contribution < -0.4 is 0 Å². The number of alkyl halides is 1. The number of hydrogen-bond donors (Lipinski definition) is 1. The van der Waals surface area contributed by atoms with Gasteiger partial charge in [-0.25, -0.2) is 4.98 Å². The van der Waals surface area contributed by atoms with E-state index in [0.29, 0.717) is 22.3 Å². The van der Waals surface area contributed by atoms with Crippen LogP contribution in [0.2, 0.25) is 0 Å². The van der Waals surface area contributed by atoms with Gasteiger partial charge in [0.05, 0.1) is 5.33 Å². The molecular weight excluding hydrogens is 222 g/mol. The second-order valence-electron chi connectivity index (χ2n) is 2.39. The molecule has 62 valence electrons. The van der Waals surface area contributed by atoms with Gasteiger partial charge in [-0.3, -0.25) is 0 Å². The molecule has 0 spiro atoms. The first-order valence-electron chi connectivity index (χ1n) is 3.44. The molecule has 4 heteroatoms. The smallest absolute Gasteiger partial charge is 0.206 e. The molecule has 2 aromatic rings. The van der Waals surface area contributed by atoms with Crippen molar-refractivity contribution in [2.45, 2.75) is 5.33 Å². The van der Waals surface area contributed by atoms with Gasteiger partial charge in [-0.05, 0) is 12.1 Å². The van der Waals surface area contributed by atoms with E-state index in [1.807, 2.05) is 0 Å². The van der Waals surface area contributed by atoms with Gasteiger partial charge in [0, 0.05) is 6.07 Å².